The molecule has 18 heavy (non-hydrogen) atoms. The highest BCUT2D eigenvalue weighted by atomic mass is 16.5. The fourth-order valence-corrected chi connectivity index (χ4v) is 2.25. The van der Waals surface area contributed by atoms with Gasteiger partial charge in [-0.05, 0) is 37.6 Å². The molecule has 0 N–H and O–H groups in total. The van der Waals surface area contributed by atoms with Gasteiger partial charge in [-0.25, -0.2) is 0 Å². The van der Waals surface area contributed by atoms with Gasteiger partial charge in [-0.15, -0.1) is 6.58 Å². The van der Waals surface area contributed by atoms with Crippen molar-refractivity contribution in [3.8, 4) is 0 Å². The van der Waals surface area contributed by atoms with Gasteiger partial charge in [-0.2, -0.15) is 0 Å². The Morgan fingerprint density at radius 1 is 1.50 bits per heavy atom. The van der Waals surface area contributed by atoms with Gasteiger partial charge in [-0.1, -0.05) is 5.57 Å². The molecule has 1 aliphatic heterocycles. The van der Waals surface area contributed by atoms with Crippen molar-refractivity contribution in [1.29, 1.82) is 0 Å². The van der Waals surface area contributed by atoms with E-state index in [4.69, 9.17) is 4.74 Å². The molecular formula is C14H17NO3. The summed E-state index contributed by atoms with van der Waals surface area (Å²) < 4.78 is 5.79. The van der Waals surface area contributed by atoms with Crippen LogP contribution in [0.5, 0.6) is 0 Å². The molecule has 1 amide bonds. The minimum absolute atomic E-state index is 0.0212. The maximum absolute atomic E-state index is 12.3. The highest BCUT2D eigenvalue weighted by Gasteiger charge is 2.43. The first-order chi connectivity index (χ1) is 8.44. The van der Waals surface area contributed by atoms with E-state index in [1.165, 1.54) is 12.2 Å². The number of ether oxygens (including phenoxy) is 1. The van der Waals surface area contributed by atoms with E-state index in [-0.39, 0.29) is 17.6 Å². The van der Waals surface area contributed by atoms with E-state index in [1.807, 2.05) is 6.92 Å². The molecule has 1 unspecified atom stereocenters. The Hall–Kier alpha value is -1.68. The van der Waals surface area contributed by atoms with Gasteiger partial charge in [0, 0.05) is 7.05 Å². The third kappa shape index (κ3) is 2.16. The molecule has 0 saturated carbocycles. The first kappa shape index (κ1) is 12.8. The molecule has 1 saturated heterocycles. The molecule has 0 bridgehead atoms. The average molecular weight is 247 g/mol. The number of ketones is 1. The summed E-state index contributed by atoms with van der Waals surface area (Å²) in [5.74, 6) is -0.250. The van der Waals surface area contributed by atoms with Gasteiger partial charge in [0.05, 0.1) is 12.5 Å². The first-order valence-corrected chi connectivity index (χ1v) is 5.93. The third-order valence-corrected chi connectivity index (χ3v) is 3.29. The normalized spacial score (nSPS) is 25.9. The van der Waals surface area contributed by atoms with Crippen molar-refractivity contribution in [3.05, 3.63) is 36.5 Å². The van der Waals surface area contributed by atoms with Gasteiger partial charge in [0.1, 0.15) is 0 Å². The highest BCUT2D eigenvalue weighted by Crippen LogP contribution is 2.31. The van der Waals surface area contributed by atoms with Crippen molar-refractivity contribution in [1.82, 2.24) is 4.90 Å². The molecule has 4 nitrogen and oxygen atoms in total. The second kappa shape index (κ2) is 4.53. The SMILES string of the molecule is C=C(C)CC1COC2(C=CC(=O)C=C2)N(C)C1=O. The molecule has 1 atom stereocenters. The summed E-state index contributed by atoms with van der Waals surface area (Å²) in [5.41, 5.74) is 0.0718. The van der Waals surface area contributed by atoms with Gasteiger partial charge < -0.3 is 9.64 Å². The lowest BCUT2D eigenvalue weighted by Gasteiger charge is -2.44. The average Bonchev–Trinajstić information content (AvgIpc) is 2.33. The molecule has 0 aromatic heterocycles. The molecule has 2 aliphatic rings. The number of likely N-dealkylation sites (N-methyl/N-ethyl adjacent to an activating group) is 1. The van der Waals surface area contributed by atoms with Crippen LogP contribution in [0.25, 0.3) is 0 Å². The van der Waals surface area contributed by atoms with E-state index < -0.39 is 5.72 Å². The number of carbonyl (C=O) groups excluding carboxylic acids is 2. The summed E-state index contributed by atoms with van der Waals surface area (Å²) in [6, 6.07) is 0. The van der Waals surface area contributed by atoms with Crippen LogP contribution in [0.2, 0.25) is 0 Å². The highest BCUT2D eigenvalue weighted by molar-refractivity contribution is 6.00. The molecule has 1 heterocycles. The van der Waals surface area contributed by atoms with Crippen LogP contribution in [0, 0.1) is 5.92 Å². The number of carbonyl (C=O) groups is 2. The number of hydrogen-bond donors (Lipinski definition) is 0. The smallest absolute Gasteiger partial charge is 0.230 e. The molecule has 1 spiro atoms. The third-order valence-electron chi connectivity index (χ3n) is 3.29. The zero-order valence-electron chi connectivity index (χ0n) is 10.7. The van der Waals surface area contributed by atoms with Crippen LogP contribution in [-0.4, -0.2) is 36.0 Å². The number of nitrogens with zero attached hydrogens (tertiary/aromatic N) is 1. The van der Waals surface area contributed by atoms with Crippen LogP contribution < -0.4 is 0 Å². The molecule has 1 aliphatic carbocycles. The Labute approximate surface area is 107 Å². The van der Waals surface area contributed by atoms with Crippen molar-refractivity contribution in [2.24, 2.45) is 5.92 Å². The van der Waals surface area contributed by atoms with Crippen LogP contribution in [-0.2, 0) is 14.3 Å². The minimum atomic E-state index is -0.892. The predicted molar refractivity (Wildman–Crippen MR) is 67.7 cm³/mol. The van der Waals surface area contributed by atoms with E-state index in [2.05, 4.69) is 6.58 Å². The van der Waals surface area contributed by atoms with Gasteiger partial charge in [0.2, 0.25) is 5.91 Å². The Balaban J connectivity index is 2.18. The topological polar surface area (TPSA) is 46.6 Å². The van der Waals surface area contributed by atoms with Crippen molar-refractivity contribution in [3.63, 3.8) is 0 Å². The van der Waals surface area contributed by atoms with Crippen LogP contribution >= 0.6 is 0 Å². The first-order valence-electron chi connectivity index (χ1n) is 5.93. The summed E-state index contributed by atoms with van der Waals surface area (Å²) in [6.07, 6.45) is 6.76. The molecule has 0 aromatic rings. The Kier molecular flexibility index (Phi) is 3.22. The maximum Gasteiger partial charge on any atom is 0.230 e. The van der Waals surface area contributed by atoms with Crippen LogP contribution in [0.1, 0.15) is 13.3 Å². The lowest BCUT2D eigenvalue weighted by molar-refractivity contribution is -0.175. The minimum Gasteiger partial charge on any atom is -0.347 e. The fourth-order valence-electron chi connectivity index (χ4n) is 2.25. The second-order valence-corrected chi connectivity index (χ2v) is 4.89. The second-order valence-electron chi connectivity index (χ2n) is 4.89. The molecule has 4 heteroatoms. The van der Waals surface area contributed by atoms with E-state index in [0.29, 0.717) is 13.0 Å². The van der Waals surface area contributed by atoms with Crippen LogP contribution in [0.3, 0.4) is 0 Å². The lowest BCUT2D eigenvalue weighted by atomic mass is 9.94. The summed E-state index contributed by atoms with van der Waals surface area (Å²) >= 11 is 0. The zero-order chi connectivity index (χ0) is 13.3. The maximum atomic E-state index is 12.3. The molecule has 2 rings (SSSR count). The van der Waals surface area contributed by atoms with E-state index in [1.54, 1.807) is 24.1 Å². The molecule has 1 fully saturated rings. The number of hydrogen-bond acceptors (Lipinski definition) is 3. The van der Waals surface area contributed by atoms with Gasteiger partial charge in [0.15, 0.2) is 11.5 Å². The van der Waals surface area contributed by atoms with Crippen LogP contribution in [0.4, 0.5) is 0 Å². The molecule has 0 aromatic carbocycles. The van der Waals surface area contributed by atoms with Crippen LogP contribution in [0.15, 0.2) is 36.5 Å². The summed E-state index contributed by atoms with van der Waals surface area (Å²) in [4.78, 5) is 25.0. The number of amides is 1. The monoisotopic (exact) mass is 247 g/mol. The van der Waals surface area contributed by atoms with Gasteiger partial charge >= 0.3 is 0 Å². The predicted octanol–water partition coefficient (Wildman–Crippen LogP) is 1.45. The standard InChI is InChI=1S/C14H17NO3/c1-10(2)8-11-9-18-14(15(3)13(11)17)6-4-12(16)5-7-14/h4-7,11H,1,8-9H2,2-3H3. The fraction of sp³-hybridized carbons (Fsp3) is 0.429. The van der Waals surface area contributed by atoms with Crippen molar-refractivity contribution < 1.29 is 14.3 Å². The van der Waals surface area contributed by atoms with E-state index in [0.717, 1.165) is 5.57 Å². The molecule has 0 radical (unpaired) electrons. The number of rotatable bonds is 2. The van der Waals surface area contributed by atoms with Crippen molar-refractivity contribution in [2.45, 2.75) is 19.1 Å². The number of allylic oxidation sites excluding steroid dienone is 3. The quantitative estimate of drug-likeness (QED) is 0.694. The summed E-state index contributed by atoms with van der Waals surface area (Å²) in [7, 11) is 1.69. The summed E-state index contributed by atoms with van der Waals surface area (Å²) in [5, 5.41) is 0. The van der Waals surface area contributed by atoms with E-state index >= 15 is 0 Å². The van der Waals surface area contributed by atoms with Crippen molar-refractivity contribution in [2.75, 3.05) is 13.7 Å². The Morgan fingerprint density at radius 3 is 2.67 bits per heavy atom. The zero-order valence-corrected chi connectivity index (χ0v) is 10.7. The van der Waals surface area contributed by atoms with Crippen molar-refractivity contribution >= 4 is 11.7 Å². The van der Waals surface area contributed by atoms with E-state index in [9.17, 15) is 9.59 Å². The summed E-state index contributed by atoms with van der Waals surface area (Å²) in [6.45, 7) is 6.07. The Morgan fingerprint density at radius 2 is 2.11 bits per heavy atom. The largest absolute Gasteiger partial charge is 0.347 e. The van der Waals surface area contributed by atoms with Gasteiger partial charge in [0.25, 0.3) is 0 Å². The molecule has 96 valence electrons. The van der Waals surface area contributed by atoms with Gasteiger partial charge in [-0.3, -0.25) is 9.59 Å². The molecular weight excluding hydrogens is 230 g/mol. The Bertz CT molecular complexity index is 446. The lowest BCUT2D eigenvalue weighted by Crippen LogP contribution is -2.57.